The highest BCUT2D eigenvalue weighted by atomic mass is 16.6. The van der Waals surface area contributed by atoms with Crippen molar-refractivity contribution in [3.63, 3.8) is 0 Å². The first kappa shape index (κ1) is 11.5. The lowest BCUT2D eigenvalue weighted by Gasteiger charge is -2.28. The minimum atomic E-state index is -0.209. The van der Waals surface area contributed by atoms with Crippen LogP contribution in [0.25, 0.3) is 0 Å². The molecule has 2 nitrogen and oxygen atoms in total. The second-order valence-electron chi connectivity index (χ2n) is 5.56. The van der Waals surface area contributed by atoms with E-state index in [0.29, 0.717) is 5.41 Å². The molecular formula is C12H22O2. The Hall–Kier alpha value is -0.530. The zero-order valence-electron chi connectivity index (χ0n) is 9.85. The van der Waals surface area contributed by atoms with Crippen LogP contribution in [0.15, 0.2) is 0 Å². The Kier molecular flexibility index (Phi) is 3.23. The molecule has 0 amide bonds. The van der Waals surface area contributed by atoms with Crippen LogP contribution in [-0.2, 0) is 9.53 Å². The first-order valence-corrected chi connectivity index (χ1v) is 5.53. The van der Waals surface area contributed by atoms with Gasteiger partial charge in [0.2, 0.25) is 0 Å². The van der Waals surface area contributed by atoms with Crippen molar-refractivity contribution in [1.29, 1.82) is 0 Å². The minimum absolute atomic E-state index is 0.146. The summed E-state index contributed by atoms with van der Waals surface area (Å²) in [5.41, 5.74) is 0.206. The summed E-state index contributed by atoms with van der Waals surface area (Å²) in [6, 6.07) is 0. The van der Waals surface area contributed by atoms with Gasteiger partial charge in [-0.25, -0.2) is 0 Å². The molecule has 0 heterocycles. The van der Waals surface area contributed by atoms with Gasteiger partial charge in [-0.1, -0.05) is 13.8 Å². The Labute approximate surface area is 87.0 Å². The molecule has 0 aromatic heterocycles. The van der Waals surface area contributed by atoms with Crippen LogP contribution in [0.5, 0.6) is 0 Å². The number of carbonyl (C=O) groups is 1. The van der Waals surface area contributed by atoms with Crippen LogP contribution >= 0.6 is 0 Å². The van der Waals surface area contributed by atoms with Crippen molar-refractivity contribution >= 4 is 5.97 Å². The van der Waals surface area contributed by atoms with Gasteiger partial charge in [-0.05, 0) is 44.4 Å². The van der Waals surface area contributed by atoms with E-state index in [1.807, 2.05) is 0 Å². The summed E-state index contributed by atoms with van der Waals surface area (Å²) in [6.45, 7) is 8.16. The van der Waals surface area contributed by atoms with Crippen molar-refractivity contribution in [3.05, 3.63) is 0 Å². The van der Waals surface area contributed by atoms with Crippen LogP contribution in [0.1, 0.15) is 59.8 Å². The lowest BCUT2D eigenvalue weighted by molar-refractivity contribution is -0.156. The van der Waals surface area contributed by atoms with Crippen LogP contribution in [0.3, 0.4) is 0 Å². The molecule has 0 aliphatic heterocycles. The van der Waals surface area contributed by atoms with E-state index < -0.39 is 0 Å². The van der Waals surface area contributed by atoms with E-state index in [4.69, 9.17) is 4.74 Å². The summed E-state index contributed by atoms with van der Waals surface area (Å²) in [4.78, 5) is 11.0. The van der Waals surface area contributed by atoms with E-state index in [1.54, 1.807) is 0 Å². The molecule has 1 aliphatic carbocycles. The quantitative estimate of drug-likeness (QED) is 0.477. The van der Waals surface area contributed by atoms with Gasteiger partial charge in [-0.15, -0.1) is 0 Å². The number of ether oxygens (including phenoxy) is 1. The van der Waals surface area contributed by atoms with Gasteiger partial charge >= 0.3 is 5.97 Å². The Bertz CT molecular complexity index is 220. The van der Waals surface area contributed by atoms with E-state index in [9.17, 15) is 4.79 Å². The van der Waals surface area contributed by atoms with Gasteiger partial charge in [0.25, 0.3) is 0 Å². The van der Waals surface area contributed by atoms with Crippen LogP contribution in [-0.4, -0.2) is 11.6 Å². The maximum Gasteiger partial charge on any atom is 0.303 e. The lowest BCUT2D eigenvalue weighted by atomic mass is 9.84. The van der Waals surface area contributed by atoms with Crippen molar-refractivity contribution in [2.24, 2.45) is 5.41 Å². The Balaban J connectivity index is 2.60. The van der Waals surface area contributed by atoms with Crippen molar-refractivity contribution in [2.45, 2.75) is 65.4 Å². The first-order valence-electron chi connectivity index (χ1n) is 5.53. The van der Waals surface area contributed by atoms with Crippen LogP contribution in [0, 0.1) is 5.41 Å². The predicted octanol–water partition coefficient (Wildman–Crippen LogP) is 3.30. The summed E-state index contributed by atoms with van der Waals surface area (Å²) in [5, 5.41) is 0. The molecule has 0 saturated heterocycles. The summed E-state index contributed by atoms with van der Waals surface area (Å²) in [7, 11) is 0. The molecule has 82 valence electrons. The molecule has 1 saturated carbocycles. The third-order valence-corrected chi connectivity index (χ3v) is 3.28. The molecule has 1 unspecified atom stereocenters. The fourth-order valence-electron chi connectivity index (χ4n) is 2.24. The molecule has 1 atom stereocenters. The summed E-state index contributed by atoms with van der Waals surface area (Å²) >= 11 is 0. The second-order valence-corrected chi connectivity index (χ2v) is 5.56. The van der Waals surface area contributed by atoms with Crippen molar-refractivity contribution in [2.75, 3.05) is 0 Å². The molecular weight excluding hydrogens is 176 g/mol. The summed E-state index contributed by atoms with van der Waals surface area (Å²) in [6.07, 6.45) is 5.56. The van der Waals surface area contributed by atoms with Gasteiger partial charge in [0, 0.05) is 6.92 Å². The van der Waals surface area contributed by atoms with Crippen LogP contribution in [0.2, 0.25) is 0 Å². The zero-order valence-corrected chi connectivity index (χ0v) is 9.85. The standard InChI is InChI=1S/C12H22O2/c1-10(13)14-12(4)7-5-6-11(2,3)8-9-12/h5-9H2,1-4H3. The fraction of sp³-hybridized carbons (Fsp3) is 0.917. The van der Waals surface area contributed by atoms with Gasteiger partial charge in [0.05, 0.1) is 0 Å². The molecule has 0 aromatic carbocycles. The van der Waals surface area contributed by atoms with Gasteiger partial charge in [0.15, 0.2) is 0 Å². The first-order chi connectivity index (χ1) is 6.33. The Morgan fingerprint density at radius 1 is 1.07 bits per heavy atom. The highest BCUT2D eigenvalue weighted by Crippen LogP contribution is 2.39. The molecule has 14 heavy (non-hydrogen) atoms. The molecule has 1 aliphatic rings. The number of carbonyl (C=O) groups excluding carboxylic acids is 1. The fourth-order valence-corrected chi connectivity index (χ4v) is 2.24. The van der Waals surface area contributed by atoms with Gasteiger partial charge in [0.1, 0.15) is 5.60 Å². The number of rotatable bonds is 1. The molecule has 1 fully saturated rings. The largest absolute Gasteiger partial charge is 0.460 e. The SMILES string of the molecule is CC(=O)OC1(C)CCCC(C)(C)CC1. The zero-order chi connectivity index (χ0) is 10.8. The van der Waals surface area contributed by atoms with Crippen molar-refractivity contribution in [1.82, 2.24) is 0 Å². The van der Waals surface area contributed by atoms with Crippen molar-refractivity contribution < 1.29 is 9.53 Å². The number of hydrogen-bond donors (Lipinski definition) is 0. The topological polar surface area (TPSA) is 26.3 Å². The maximum absolute atomic E-state index is 11.0. The van der Waals surface area contributed by atoms with Gasteiger partial charge < -0.3 is 4.74 Å². The smallest absolute Gasteiger partial charge is 0.303 e. The van der Waals surface area contributed by atoms with Gasteiger partial charge in [-0.2, -0.15) is 0 Å². The third-order valence-electron chi connectivity index (χ3n) is 3.28. The average molecular weight is 198 g/mol. The molecule has 0 radical (unpaired) electrons. The highest BCUT2D eigenvalue weighted by Gasteiger charge is 2.34. The molecule has 2 heteroatoms. The van der Waals surface area contributed by atoms with E-state index in [1.165, 1.54) is 13.3 Å². The minimum Gasteiger partial charge on any atom is -0.460 e. The number of esters is 1. The highest BCUT2D eigenvalue weighted by molar-refractivity contribution is 5.66. The number of hydrogen-bond acceptors (Lipinski definition) is 2. The van der Waals surface area contributed by atoms with Crippen molar-refractivity contribution in [3.8, 4) is 0 Å². The molecule has 0 N–H and O–H groups in total. The molecule has 0 bridgehead atoms. The van der Waals surface area contributed by atoms with E-state index in [2.05, 4.69) is 20.8 Å². The molecule has 1 rings (SSSR count). The van der Waals surface area contributed by atoms with E-state index in [0.717, 1.165) is 25.7 Å². The second kappa shape index (κ2) is 3.92. The average Bonchev–Trinajstić information content (AvgIpc) is 2.10. The molecule has 0 spiro atoms. The predicted molar refractivity (Wildman–Crippen MR) is 57.0 cm³/mol. The Morgan fingerprint density at radius 2 is 1.71 bits per heavy atom. The maximum atomic E-state index is 11.0. The normalized spacial score (nSPS) is 32.0. The van der Waals surface area contributed by atoms with Crippen LogP contribution in [0.4, 0.5) is 0 Å². The van der Waals surface area contributed by atoms with E-state index in [-0.39, 0.29) is 11.6 Å². The van der Waals surface area contributed by atoms with E-state index >= 15 is 0 Å². The summed E-state index contributed by atoms with van der Waals surface area (Å²) in [5.74, 6) is -0.146. The lowest BCUT2D eigenvalue weighted by Crippen LogP contribution is -2.30. The monoisotopic (exact) mass is 198 g/mol. The van der Waals surface area contributed by atoms with Gasteiger partial charge in [-0.3, -0.25) is 4.79 Å². The third kappa shape index (κ3) is 3.32. The Morgan fingerprint density at radius 3 is 2.29 bits per heavy atom. The van der Waals surface area contributed by atoms with Crippen LogP contribution < -0.4 is 0 Å². The molecule has 0 aromatic rings. The summed E-state index contributed by atoms with van der Waals surface area (Å²) < 4.78 is 5.41.